The molecule has 0 saturated carbocycles. The molecule has 0 bridgehead atoms. The van der Waals surface area contributed by atoms with Gasteiger partial charge in [-0.15, -0.1) is 10.2 Å². The predicted molar refractivity (Wildman–Crippen MR) is 27.3 cm³/mol. The Bertz CT molecular complexity index is 172. The second-order valence-electron chi connectivity index (χ2n) is 1.22. The van der Waals surface area contributed by atoms with Gasteiger partial charge in [-0.3, -0.25) is 0 Å². The lowest BCUT2D eigenvalue weighted by Gasteiger charge is -1.88. The number of H-pyrrole nitrogens is 1. The molecule has 0 spiro atoms. The van der Waals surface area contributed by atoms with Gasteiger partial charge in [-0.1, -0.05) is 0 Å². The van der Waals surface area contributed by atoms with Crippen LogP contribution in [0.1, 0.15) is 0 Å². The second-order valence-corrected chi connectivity index (χ2v) is 1.22. The lowest BCUT2D eigenvalue weighted by molar-refractivity contribution is 0.399. The smallest absolute Gasteiger partial charge is 0.277 e. The number of hydrogen-bond acceptors (Lipinski definition) is 4. The van der Waals surface area contributed by atoms with Crippen molar-refractivity contribution in [2.45, 2.75) is 0 Å². The minimum absolute atomic E-state index is 0.285. The molecule has 44 valence electrons. The molecule has 0 unspecified atom stereocenters. The van der Waals surface area contributed by atoms with E-state index in [1.165, 1.54) is 7.11 Å². The molecule has 5 nitrogen and oxygen atoms in total. The molecule has 0 radical (unpaired) electrons. The monoisotopic (exact) mass is 114 g/mol. The first kappa shape index (κ1) is 4.89. The van der Waals surface area contributed by atoms with Crippen molar-refractivity contribution in [1.29, 1.82) is 0 Å². The molecule has 1 heterocycles. The zero-order chi connectivity index (χ0) is 5.98. The van der Waals surface area contributed by atoms with Crippen LogP contribution in [0, 0.1) is 0 Å². The van der Waals surface area contributed by atoms with Gasteiger partial charge < -0.3 is 10.5 Å². The number of anilines is 1. The van der Waals surface area contributed by atoms with E-state index in [-0.39, 0.29) is 5.82 Å². The highest BCUT2D eigenvalue weighted by atomic mass is 16.5. The molecule has 0 aliphatic rings. The summed E-state index contributed by atoms with van der Waals surface area (Å²) in [5.74, 6) is 0.623. The Morgan fingerprint density at radius 2 is 2.38 bits per heavy atom. The fourth-order valence-electron chi connectivity index (χ4n) is 0.380. The Morgan fingerprint density at radius 1 is 1.62 bits per heavy atom. The van der Waals surface area contributed by atoms with Crippen molar-refractivity contribution in [3.05, 3.63) is 0 Å². The van der Waals surface area contributed by atoms with Crippen molar-refractivity contribution >= 4 is 5.82 Å². The van der Waals surface area contributed by atoms with Crippen LogP contribution in [0.2, 0.25) is 0 Å². The summed E-state index contributed by atoms with van der Waals surface area (Å²) in [7, 11) is 1.48. The van der Waals surface area contributed by atoms with Crippen LogP contribution in [0.5, 0.6) is 5.88 Å². The number of nitrogens with two attached hydrogens (primary N) is 1. The molecule has 0 fully saturated rings. The van der Waals surface area contributed by atoms with Gasteiger partial charge in [0.15, 0.2) is 0 Å². The summed E-state index contributed by atoms with van der Waals surface area (Å²) < 4.78 is 4.66. The number of nitrogens with zero attached hydrogens (tertiary/aromatic N) is 2. The van der Waals surface area contributed by atoms with Crippen molar-refractivity contribution in [2.75, 3.05) is 12.8 Å². The molecule has 0 amide bonds. The van der Waals surface area contributed by atoms with Gasteiger partial charge in [0.25, 0.3) is 5.88 Å². The number of nitrogens with one attached hydrogen (secondary N) is 1. The third-order valence-corrected chi connectivity index (χ3v) is 0.734. The fraction of sp³-hybridized carbons (Fsp3) is 0.333. The van der Waals surface area contributed by atoms with Crippen LogP contribution in [-0.2, 0) is 0 Å². The number of methoxy groups -OCH3 is 1. The molecule has 1 aromatic heterocycles. The van der Waals surface area contributed by atoms with Crippen LogP contribution in [-0.4, -0.2) is 22.5 Å². The van der Waals surface area contributed by atoms with E-state index < -0.39 is 0 Å². The summed E-state index contributed by atoms with van der Waals surface area (Å²) in [4.78, 5) is 0. The third-order valence-electron chi connectivity index (χ3n) is 0.734. The van der Waals surface area contributed by atoms with E-state index in [9.17, 15) is 0 Å². The molecular weight excluding hydrogens is 108 g/mol. The van der Waals surface area contributed by atoms with Crippen LogP contribution < -0.4 is 10.5 Å². The SMILES string of the molecule is COc1n[nH]nc1N. The van der Waals surface area contributed by atoms with E-state index >= 15 is 0 Å². The highest BCUT2D eigenvalue weighted by Gasteiger charge is 1.98. The first-order valence-corrected chi connectivity index (χ1v) is 2.05. The maximum Gasteiger partial charge on any atom is 0.277 e. The molecule has 5 heteroatoms. The quantitative estimate of drug-likeness (QED) is 0.510. The standard InChI is InChI=1S/C3H6N4O/c1-8-3-2(4)5-7-6-3/h1H3,(H3,4,5,6,7). The van der Waals surface area contributed by atoms with Gasteiger partial charge in [0, 0.05) is 0 Å². The maximum atomic E-state index is 5.22. The summed E-state index contributed by atoms with van der Waals surface area (Å²) in [6, 6.07) is 0. The summed E-state index contributed by atoms with van der Waals surface area (Å²) in [6.07, 6.45) is 0. The lowest BCUT2D eigenvalue weighted by atomic mass is 10.7. The van der Waals surface area contributed by atoms with Gasteiger partial charge in [-0.05, 0) is 0 Å². The van der Waals surface area contributed by atoms with E-state index in [4.69, 9.17) is 5.73 Å². The van der Waals surface area contributed by atoms with Crippen molar-refractivity contribution in [3.63, 3.8) is 0 Å². The zero-order valence-electron chi connectivity index (χ0n) is 4.38. The van der Waals surface area contributed by atoms with Gasteiger partial charge in [0.05, 0.1) is 7.11 Å². The van der Waals surface area contributed by atoms with Crippen molar-refractivity contribution in [3.8, 4) is 5.88 Å². The van der Waals surface area contributed by atoms with Gasteiger partial charge in [-0.2, -0.15) is 5.21 Å². The third kappa shape index (κ3) is 0.575. The Morgan fingerprint density at radius 3 is 2.62 bits per heavy atom. The highest BCUT2D eigenvalue weighted by Crippen LogP contribution is 2.09. The molecule has 0 aliphatic heterocycles. The maximum absolute atomic E-state index is 5.22. The second kappa shape index (κ2) is 1.69. The molecule has 1 rings (SSSR count). The first-order valence-electron chi connectivity index (χ1n) is 2.05. The minimum Gasteiger partial charge on any atom is -0.477 e. The van der Waals surface area contributed by atoms with Gasteiger partial charge >= 0.3 is 0 Å². The van der Waals surface area contributed by atoms with E-state index in [1.54, 1.807) is 0 Å². The van der Waals surface area contributed by atoms with E-state index in [2.05, 4.69) is 20.1 Å². The molecule has 8 heavy (non-hydrogen) atoms. The molecule has 3 N–H and O–H groups in total. The zero-order valence-corrected chi connectivity index (χ0v) is 4.38. The van der Waals surface area contributed by atoms with E-state index in [1.807, 2.05) is 0 Å². The van der Waals surface area contributed by atoms with Crippen LogP contribution in [0.4, 0.5) is 5.82 Å². The summed E-state index contributed by atoms with van der Waals surface area (Å²) in [5.41, 5.74) is 5.22. The Labute approximate surface area is 45.8 Å². The average molecular weight is 114 g/mol. The van der Waals surface area contributed by atoms with E-state index in [0.29, 0.717) is 5.88 Å². The minimum atomic E-state index is 0.285. The van der Waals surface area contributed by atoms with Crippen LogP contribution in [0.3, 0.4) is 0 Å². The number of aromatic nitrogens is 3. The Balaban J connectivity index is 2.92. The number of hydrogen-bond donors (Lipinski definition) is 2. The largest absolute Gasteiger partial charge is 0.477 e. The lowest BCUT2D eigenvalue weighted by Crippen LogP contribution is -1.89. The topological polar surface area (TPSA) is 76.8 Å². The Kier molecular flexibility index (Phi) is 1.03. The normalized spacial score (nSPS) is 9.12. The van der Waals surface area contributed by atoms with Gasteiger partial charge in [0.2, 0.25) is 5.82 Å². The summed E-state index contributed by atoms with van der Waals surface area (Å²) >= 11 is 0. The number of nitrogen functional groups attached to an aromatic ring is 1. The van der Waals surface area contributed by atoms with Crippen molar-refractivity contribution in [1.82, 2.24) is 15.4 Å². The molecule has 0 aromatic carbocycles. The van der Waals surface area contributed by atoms with E-state index in [0.717, 1.165) is 0 Å². The summed E-state index contributed by atoms with van der Waals surface area (Å²) in [6.45, 7) is 0. The highest BCUT2D eigenvalue weighted by molar-refractivity contribution is 5.37. The predicted octanol–water partition coefficient (Wildman–Crippen LogP) is -0.605. The van der Waals surface area contributed by atoms with Crippen molar-refractivity contribution < 1.29 is 4.74 Å². The summed E-state index contributed by atoms with van der Waals surface area (Å²) in [5, 5.41) is 9.35. The molecule has 0 aliphatic carbocycles. The van der Waals surface area contributed by atoms with Crippen molar-refractivity contribution in [2.24, 2.45) is 0 Å². The molecular formula is C3H6N4O. The van der Waals surface area contributed by atoms with Crippen LogP contribution in [0.15, 0.2) is 0 Å². The fourth-order valence-corrected chi connectivity index (χ4v) is 0.380. The van der Waals surface area contributed by atoms with Crippen LogP contribution in [0.25, 0.3) is 0 Å². The average Bonchev–Trinajstić information content (AvgIpc) is 2.14. The Hall–Kier alpha value is -1.26. The number of rotatable bonds is 1. The van der Waals surface area contributed by atoms with Crippen LogP contribution >= 0.6 is 0 Å². The first-order chi connectivity index (χ1) is 3.84. The van der Waals surface area contributed by atoms with Gasteiger partial charge in [0.1, 0.15) is 0 Å². The number of ether oxygens (including phenoxy) is 1. The van der Waals surface area contributed by atoms with Gasteiger partial charge in [-0.25, -0.2) is 0 Å². The molecule has 0 atom stereocenters. The molecule has 1 aromatic rings. The number of aromatic amines is 1. The molecule has 0 saturated heterocycles.